The minimum absolute atomic E-state index is 0.0191. The van der Waals surface area contributed by atoms with Crippen molar-refractivity contribution < 1.29 is 9.47 Å². The van der Waals surface area contributed by atoms with Gasteiger partial charge in [0.15, 0.2) is 11.5 Å². The molecule has 230 valence electrons. The maximum absolute atomic E-state index is 6.33. The maximum Gasteiger partial charge on any atom is 0.252 e. The van der Waals surface area contributed by atoms with Crippen molar-refractivity contribution in [1.29, 1.82) is 0 Å². The van der Waals surface area contributed by atoms with E-state index in [9.17, 15) is 0 Å². The Bertz CT molecular complexity index is 2000. The summed E-state index contributed by atoms with van der Waals surface area (Å²) in [6.45, 7) is 17.1. The molecular weight excluding hydrogens is 563 g/mol. The first-order chi connectivity index (χ1) is 22.0. The molecule has 0 amide bonds. The highest BCUT2D eigenvalue weighted by atomic mass is 16.6. The number of para-hydroxylation sites is 2. The fourth-order valence-corrected chi connectivity index (χ4v) is 7.44. The Hall–Kier alpha value is -4.64. The van der Waals surface area contributed by atoms with Crippen LogP contribution in [-0.4, -0.2) is 19.9 Å². The zero-order valence-electron chi connectivity index (χ0n) is 27.9. The molecule has 0 aliphatic carbocycles. The molecule has 4 nitrogen and oxygen atoms in total. The van der Waals surface area contributed by atoms with Gasteiger partial charge in [0, 0.05) is 28.4 Å². The molecule has 5 aromatic carbocycles. The molecule has 0 bridgehead atoms. The Morgan fingerprint density at radius 3 is 1.93 bits per heavy atom. The molecule has 0 atom stereocenters. The van der Waals surface area contributed by atoms with E-state index in [1.807, 2.05) is 6.07 Å². The average molecular weight is 605 g/mol. The summed E-state index contributed by atoms with van der Waals surface area (Å²) in [6.07, 6.45) is 0. The first-order valence-electron chi connectivity index (χ1n) is 16.5. The van der Waals surface area contributed by atoms with Crippen LogP contribution in [0.1, 0.15) is 58.2 Å². The Morgan fingerprint density at radius 1 is 0.565 bits per heavy atom. The summed E-state index contributed by atoms with van der Waals surface area (Å²) in [5.41, 5.74) is 14.9. The number of ether oxygens (including phenoxy) is 2. The lowest BCUT2D eigenvalue weighted by atomic mass is 9.33. The molecule has 3 aliphatic heterocycles. The predicted octanol–water partition coefficient (Wildman–Crippen LogP) is 8.44. The lowest BCUT2D eigenvalue weighted by molar-refractivity contribution is 0.172. The van der Waals surface area contributed by atoms with Crippen molar-refractivity contribution in [2.45, 2.75) is 59.3 Å². The Labute approximate surface area is 273 Å². The van der Waals surface area contributed by atoms with Crippen molar-refractivity contribution in [1.82, 2.24) is 0 Å². The number of benzene rings is 5. The summed E-state index contributed by atoms with van der Waals surface area (Å²) in [4.78, 5) is 4.90. The van der Waals surface area contributed by atoms with Crippen molar-refractivity contribution in [2.75, 3.05) is 23.0 Å². The fraction of sp³-hybridized carbons (Fsp3) is 0.268. The monoisotopic (exact) mass is 604 g/mol. The SMILES string of the molecule is Cc1cc2c3c(c1)N(c1cccc4c1OCCO4)c1ccccc1B3c1cc(C(C)(C)C)ccc1N2c1ccc(C(C)(C)C)cc1. The standard InChI is InChI=1S/C41H41BN2O2/c1-26-23-35-38-36(24-26)44(34-13-10-14-37-39(34)46-22-21-45-37)32-12-9-8-11-30(32)42(38)31-25-28(41(5,6)7)17-20-33(31)43(35)29-18-15-27(16-19-29)40(2,3)4/h8-20,23-25H,21-22H2,1-7H3. The highest BCUT2D eigenvalue weighted by molar-refractivity contribution is 7.00. The molecular formula is C41H41BN2O2. The minimum Gasteiger partial charge on any atom is -0.486 e. The van der Waals surface area contributed by atoms with Crippen LogP contribution in [0.25, 0.3) is 0 Å². The molecule has 0 spiro atoms. The lowest BCUT2D eigenvalue weighted by Gasteiger charge is -2.45. The summed E-state index contributed by atoms with van der Waals surface area (Å²) in [5, 5.41) is 0. The quantitative estimate of drug-likeness (QED) is 0.185. The van der Waals surface area contributed by atoms with Crippen molar-refractivity contribution in [3.05, 3.63) is 114 Å². The summed E-state index contributed by atoms with van der Waals surface area (Å²) < 4.78 is 12.4. The number of aryl methyl sites for hydroxylation is 1. The zero-order valence-corrected chi connectivity index (χ0v) is 27.9. The molecule has 0 unspecified atom stereocenters. The van der Waals surface area contributed by atoms with Crippen LogP contribution in [0, 0.1) is 6.92 Å². The van der Waals surface area contributed by atoms with Crippen LogP contribution in [0.2, 0.25) is 0 Å². The van der Waals surface area contributed by atoms with Gasteiger partial charge in [0.25, 0.3) is 6.71 Å². The van der Waals surface area contributed by atoms with Gasteiger partial charge < -0.3 is 19.3 Å². The topological polar surface area (TPSA) is 24.9 Å². The summed E-state index contributed by atoms with van der Waals surface area (Å²) >= 11 is 0. The Morgan fingerprint density at radius 2 is 1.20 bits per heavy atom. The van der Waals surface area contributed by atoms with Crippen molar-refractivity contribution in [3.63, 3.8) is 0 Å². The lowest BCUT2D eigenvalue weighted by Crippen LogP contribution is -2.61. The molecule has 5 heteroatoms. The van der Waals surface area contributed by atoms with E-state index in [0.717, 1.165) is 17.2 Å². The van der Waals surface area contributed by atoms with Gasteiger partial charge in [0.1, 0.15) is 13.2 Å². The number of rotatable bonds is 2. The molecule has 0 fully saturated rings. The van der Waals surface area contributed by atoms with Crippen LogP contribution in [-0.2, 0) is 10.8 Å². The second-order valence-corrected chi connectivity index (χ2v) is 15.0. The van der Waals surface area contributed by atoms with Crippen LogP contribution in [0.15, 0.2) is 97.1 Å². The Balaban J connectivity index is 1.44. The van der Waals surface area contributed by atoms with Gasteiger partial charge in [-0.3, -0.25) is 0 Å². The van der Waals surface area contributed by atoms with E-state index >= 15 is 0 Å². The first-order valence-corrected chi connectivity index (χ1v) is 16.5. The van der Waals surface area contributed by atoms with Crippen LogP contribution >= 0.6 is 0 Å². The van der Waals surface area contributed by atoms with Gasteiger partial charge in [-0.25, -0.2) is 0 Å². The molecule has 0 radical (unpaired) electrons. The summed E-state index contributed by atoms with van der Waals surface area (Å²) in [6, 6.07) is 36.2. The van der Waals surface area contributed by atoms with Gasteiger partial charge >= 0.3 is 0 Å². The van der Waals surface area contributed by atoms with Gasteiger partial charge in [-0.2, -0.15) is 0 Å². The van der Waals surface area contributed by atoms with Crippen LogP contribution in [0.5, 0.6) is 11.5 Å². The van der Waals surface area contributed by atoms with Gasteiger partial charge in [-0.05, 0) is 99.4 Å². The maximum atomic E-state index is 6.33. The van der Waals surface area contributed by atoms with Crippen molar-refractivity contribution in [3.8, 4) is 11.5 Å². The molecule has 0 saturated heterocycles. The van der Waals surface area contributed by atoms with Gasteiger partial charge in [-0.15, -0.1) is 0 Å². The molecule has 3 heterocycles. The molecule has 0 aromatic heterocycles. The number of hydrogen-bond acceptors (Lipinski definition) is 4. The van der Waals surface area contributed by atoms with Crippen molar-refractivity contribution in [2.24, 2.45) is 0 Å². The normalized spacial score (nSPS) is 14.9. The largest absolute Gasteiger partial charge is 0.486 e. The second kappa shape index (κ2) is 10.2. The third-order valence-electron chi connectivity index (χ3n) is 9.76. The molecule has 5 aromatic rings. The molecule has 46 heavy (non-hydrogen) atoms. The Kier molecular flexibility index (Phi) is 6.38. The average Bonchev–Trinajstić information content (AvgIpc) is 3.03. The summed E-state index contributed by atoms with van der Waals surface area (Å²) in [5.74, 6) is 1.60. The number of nitrogens with zero attached hydrogens (tertiary/aromatic N) is 2. The van der Waals surface area contributed by atoms with Gasteiger partial charge in [0.2, 0.25) is 0 Å². The first kappa shape index (κ1) is 28.8. The van der Waals surface area contributed by atoms with Gasteiger partial charge in [-0.1, -0.05) is 90.1 Å². The zero-order chi connectivity index (χ0) is 32.0. The molecule has 8 rings (SSSR count). The van der Waals surface area contributed by atoms with Crippen LogP contribution < -0.4 is 35.7 Å². The van der Waals surface area contributed by atoms with Crippen molar-refractivity contribution >= 4 is 57.2 Å². The molecule has 0 saturated carbocycles. The van der Waals surface area contributed by atoms with E-state index in [0.29, 0.717) is 13.2 Å². The predicted molar refractivity (Wildman–Crippen MR) is 194 cm³/mol. The highest BCUT2D eigenvalue weighted by Crippen LogP contribution is 2.49. The number of anilines is 6. The third-order valence-corrected chi connectivity index (χ3v) is 9.76. The number of fused-ring (bicyclic) bond motifs is 5. The van der Waals surface area contributed by atoms with E-state index in [1.54, 1.807) is 0 Å². The fourth-order valence-electron chi connectivity index (χ4n) is 7.44. The molecule has 0 N–H and O–H groups in total. The minimum atomic E-state index is 0.0191. The molecule has 3 aliphatic rings. The smallest absolute Gasteiger partial charge is 0.252 e. The van der Waals surface area contributed by atoms with Gasteiger partial charge in [0.05, 0.1) is 5.69 Å². The van der Waals surface area contributed by atoms with E-state index in [-0.39, 0.29) is 17.5 Å². The second-order valence-electron chi connectivity index (χ2n) is 15.0. The van der Waals surface area contributed by atoms with E-state index in [2.05, 4.69) is 149 Å². The van der Waals surface area contributed by atoms with E-state index in [4.69, 9.17) is 9.47 Å². The van der Waals surface area contributed by atoms with E-state index < -0.39 is 0 Å². The van der Waals surface area contributed by atoms with Crippen LogP contribution in [0.4, 0.5) is 34.1 Å². The van der Waals surface area contributed by atoms with Crippen LogP contribution in [0.3, 0.4) is 0 Å². The third kappa shape index (κ3) is 4.43. The van der Waals surface area contributed by atoms with E-state index in [1.165, 1.54) is 61.5 Å². The number of hydrogen-bond donors (Lipinski definition) is 0. The highest BCUT2D eigenvalue weighted by Gasteiger charge is 2.44. The summed E-state index contributed by atoms with van der Waals surface area (Å²) in [7, 11) is 0.